The molecule has 4 nitrogen and oxygen atoms in total. The van der Waals surface area contributed by atoms with Crippen LogP contribution in [0.5, 0.6) is 0 Å². The molecule has 1 aliphatic heterocycles. The first-order valence-electron chi connectivity index (χ1n) is 7.34. The van der Waals surface area contributed by atoms with Gasteiger partial charge in [-0.2, -0.15) is 5.10 Å². The van der Waals surface area contributed by atoms with Crippen molar-refractivity contribution in [3.05, 3.63) is 71.1 Å². The molecule has 2 aromatic rings. The Labute approximate surface area is 127 Å². The number of Topliss-reactive ketones (excluding diaryl/α,β-unsaturated/α-hetero) is 2. The number of fused-ring (bicyclic) bond motifs is 3. The van der Waals surface area contributed by atoms with E-state index in [1.54, 1.807) is 24.4 Å². The molecule has 108 valence electrons. The van der Waals surface area contributed by atoms with E-state index in [2.05, 4.69) is 5.10 Å². The summed E-state index contributed by atoms with van der Waals surface area (Å²) in [5.41, 5.74) is 2.73. The highest BCUT2D eigenvalue weighted by molar-refractivity contribution is 6.14. The molecule has 1 saturated carbocycles. The predicted octanol–water partition coefficient (Wildman–Crippen LogP) is 2.99. The lowest BCUT2D eigenvalue weighted by atomic mass is 9.99. The molecular weight excluding hydrogens is 276 g/mol. The first kappa shape index (κ1) is 13.0. The Morgan fingerprint density at radius 3 is 2.77 bits per heavy atom. The largest absolute Gasteiger partial charge is 0.294 e. The van der Waals surface area contributed by atoms with Crippen molar-refractivity contribution in [1.82, 2.24) is 9.78 Å². The van der Waals surface area contributed by atoms with E-state index in [1.165, 1.54) is 0 Å². The molecule has 2 aliphatic rings. The highest BCUT2D eigenvalue weighted by Gasteiger charge is 2.33. The Morgan fingerprint density at radius 2 is 1.95 bits per heavy atom. The van der Waals surface area contributed by atoms with Gasteiger partial charge in [-0.1, -0.05) is 30.3 Å². The van der Waals surface area contributed by atoms with Crippen LogP contribution in [0.4, 0.5) is 0 Å². The van der Waals surface area contributed by atoms with Crippen LogP contribution in [0.2, 0.25) is 0 Å². The minimum Gasteiger partial charge on any atom is -0.294 e. The molecule has 1 fully saturated rings. The van der Waals surface area contributed by atoms with Crippen molar-refractivity contribution < 1.29 is 9.59 Å². The van der Waals surface area contributed by atoms with Crippen molar-refractivity contribution >= 4 is 17.6 Å². The summed E-state index contributed by atoms with van der Waals surface area (Å²) < 4.78 is 1.85. The van der Waals surface area contributed by atoms with Crippen LogP contribution in [0.15, 0.2) is 59.8 Å². The van der Waals surface area contributed by atoms with Crippen molar-refractivity contribution in [2.75, 3.05) is 0 Å². The first-order chi connectivity index (χ1) is 10.7. The highest BCUT2D eigenvalue weighted by Crippen LogP contribution is 2.36. The average molecular weight is 290 g/mol. The first-order valence-corrected chi connectivity index (χ1v) is 7.34. The number of ketones is 2. The van der Waals surface area contributed by atoms with E-state index in [-0.39, 0.29) is 17.6 Å². The van der Waals surface area contributed by atoms with Gasteiger partial charge in [-0.15, -0.1) is 0 Å². The smallest absolute Gasteiger partial charge is 0.193 e. The van der Waals surface area contributed by atoms with Gasteiger partial charge in [0.15, 0.2) is 11.6 Å². The lowest BCUT2D eigenvalue weighted by Gasteiger charge is -2.11. The van der Waals surface area contributed by atoms with Crippen LogP contribution < -0.4 is 0 Å². The topological polar surface area (TPSA) is 52.0 Å². The Hall–Kier alpha value is -2.75. The molecule has 0 unspecified atom stereocenters. The molecule has 4 rings (SSSR count). The summed E-state index contributed by atoms with van der Waals surface area (Å²) in [7, 11) is 0. The van der Waals surface area contributed by atoms with E-state index in [0.29, 0.717) is 23.1 Å². The van der Waals surface area contributed by atoms with Crippen LogP contribution in [-0.2, 0) is 4.79 Å². The van der Waals surface area contributed by atoms with Crippen molar-refractivity contribution in [1.29, 1.82) is 0 Å². The summed E-state index contributed by atoms with van der Waals surface area (Å²) in [6, 6.07) is 11.0. The van der Waals surface area contributed by atoms with Gasteiger partial charge in [-0.25, -0.2) is 0 Å². The van der Waals surface area contributed by atoms with Crippen LogP contribution in [0.3, 0.4) is 0 Å². The number of aromatic nitrogens is 2. The highest BCUT2D eigenvalue weighted by atomic mass is 16.1. The number of carbonyl (C=O) groups is 2. The average Bonchev–Trinajstić information content (AvgIpc) is 3.11. The minimum atomic E-state index is -0.0683. The lowest BCUT2D eigenvalue weighted by Crippen LogP contribution is -2.11. The second kappa shape index (κ2) is 4.91. The second-order valence-electron chi connectivity index (χ2n) is 5.57. The van der Waals surface area contributed by atoms with Crippen molar-refractivity contribution in [3.8, 4) is 0 Å². The molecule has 22 heavy (non-hydrogen) atoms. The zero-order chi connectivity index (χ0) is 15.1. The Kier molecular flexibility index (Phi) is 2.89. The van der Waals surface area contributed by atoms with E-state index in [0.717, 1.165) is 12.1 Å². The number of rotatable bonds is 2. The van der Waals surface area contributed by atoms with Gasteiger partial charge in [-0.05, 0) is 24.6 Å². The second-order valence-corrected chi connectivity index (χ2v) is 5.57. The monoisotopic (exact) mass is 290 g/mol. The molecule has 1 atom stereocenters. The third kappa shape index (κ3) is 1.96. The van der Waals surface area contributed by atoms with Gasteiger partial charge in [0.1, 0.15) is 0 Å². The molecule has 1 aliphatic carbocycles. The van der Waals surface area contributed by atoms with E-state index < -0.39 is 0 Å². The molecule has 1 aromatic heterocycles. The molecule has 4 heteroatoms. The van der Waals surface area contributed by atoms with Gasteiger partial charge in [0.05, 0.1) is 11.7 Å². The number of carbonyl (C=O) groups excluding carboxylic acids is 2. The molecular formula is C18H14N2O2. The SMILES string of the molecule is O=C1CC[C@@H]2C1=CC(C(=O)c1ccccc1)=Cc1ccnn12. The number of nitrogens with zero attached hydrogens (tertiary/aromatic N) is 2. The van der Waals surface area contributed by atoms with E-state index in [1.807, 2.05) is 35.0 Å². The normalized spacial score (nSPS) is 19.8. The Balaban J connectivity index is 1.85. The predicted molar refractivity (Wildman–Crippen MR) is 82.3 cm³/mol. The fraction of sp³-hybridized carbons (Fsp3) is 0.167. The Bertz CT molecular complexity index is 828. The van der Waals surface area contributed by atoms with Gasteiger partial charge in [0.2, 0.25) is 0 Å². The molecule has 0 radical (unpaired) electrons. The standard InChI is InChI=1S/C18H14N2O2/c21-17-7-6-16-15(17)11-13(10-14-8-9-19-20(14)16)18(22)12-4-2-1-3-5-12/h1-5,8-11,16H,6-7H2/t16-/m1/s1. The third-order valence-electron chi connectivity index (χ3n) is 4.23. The zero-order valence-corrected chi connectivity index (χ0v) is 11.9. The van der Waals surface area contributed by atoms with E-state index in [9.17, 15) is 9.59 Å². The molecule has 0 saturated heterocycles. The van der Waals surface area contributed by atoms with Gasteiger partial charge >= 0.3 is 0 Å². The zero-order valence-electron chi connectivity index (χ0n) is 11.9. The van der Waals surface area contributed by atoms with Crippen LogP contribution in [-0.4, -0.2) is 21.3 Å². The maximum atomic E-state index is 12.7. The summed E-state index contributed by atoms with van der Waals surface area (Å²) in [6.45, 7) is 0. The molecule has 0 amide bonds. The van der Waals surface area contributed by atoms with Gasteiger partial charge in [0, 0.05) is 29.3 Å². The molecule has 1 aromatic carbocycles. The number of allylic oxidation sites excluding steroid dienone is 3. The van der Waals surface area contributed by atoms with E-state index >= 15 is 0 Å². The maximum Gasteiger partial charge on any atom is 0.193 e. The molecule has 2 heterocycles. The maximum absolute atomic E-state index is 12.7. The van der Waals surface area contributed by atoms with Crippen molar-refractivity contribution in [2.45, 2.75) is 18.9 Å². The van der Waals surface area contributed by atoms with Crippen LogP contribution >= 0.6 is 0 Å². The van der Waals surface area contributed by atoms with Crippen LogP contribution in [0.1, 0.15) is 34.9 Å². The quantitative estimate of drug-likeness (QED) is 0.799. The molecule has 0 bridgehead atoms. The van der Waals surface area contributed by atoms with Crippen LogP contribution in [0.25, 0.3) is 6.08 Å². The summed E-state index contributed by atoms with van der Waals surface area (Å²) >= 11 is 0. The summed E-state index contributed by atoms with van der Waals surface area (Å²) in [4.78, 5) is 24.9. The van der Waals surface area contributed by atoms with Gasteiger partial charge in [0.25, 0.3) is 0 Å². The van der Waals surface area contributed by atoms with Crippen molar-refractivity contribution in [2.24, 2.45) is 0 Å². The van der Waals surface area contributed by atoms with Crippen LogP contribution in [0, 0.1) is 0 Å². The number of hydrogen-bond acceptors (Lipinski definition) is 3. The fourth-order valence-corrected chi connectivity index (χ4v) is 3.14. The van der Waals surface area contributed by atoms with Gasteiger partial charge < -0.3 is 0 Å². The fourth-order valence-electron chi connectivity index (χ4n) is 3.14. The summed E-state index contributed by atoms with van der Waals surface area (Å²) in [5, 5.41) is 4.33. The van der Waals surface area contributed by atoms with Crippen molar-refractivity contribution in [3.63, 3.8) is 0 Å². The number of benzene rings is 1. The summed E-state index contributed by atoms with van der Waals surface area (Å²) in [6.07, 6.45) is 6.55. The molecule has 0 spiro atoms. The minimum absolute atomic E-state index is 0.0465. The molecule has 0 N–H and O–H groups in total. The Morgan fingerprint density at radius 1 is 1.14 bits per heavy atom. The lowest BCUT2D eigenvalue weighted by molar-refractivity contribution is -0.114. The van der Waals surface area contributed by atoms with Gasteiger partial charge in [-0.3, -0.25) is 14.3 Å². The number of hydrogen-bond donors (Lipinski definition) is 0. The summed E-state index contributed by atoms with van der Waals surface area (Å²) in [5.74, 6) is 0.0429. The van der Waals surface area contributed by atoms with E-state index in [4.69, 9.17) is 0 Å². The third-order valence-corrected chi connectivity index (χ3v) is 4.23.